The van der Waals surface area contributed by atoms with E-state index in [1.54, 1.807) is 0 Å². The molecule has 2 rings (SSSR count). The highest BCUT2D eigenvalue weighted by molar-refractivity contribution is 6.33. The Morgan fingerprint density at radius 2 is 1.42 bits per heavy atom. The molecule has 0 unspecified atom stereocenters. The summed E-state index contributed by atoms with van der Waals surface area (Å²) in [5, 5.41) is 21.6. The highest BCUT2D eigenvalue weighted by Gasteiger charge is 2.46. The van der Waals surface area contributed by atoms with Gasteiger partial charge in [0, 0.05) is 14.1 Å². The minimum absolute atomic E-state index is 0.420. The average Bonchev–Trinajstić information content (AvgIpc) is 2.50. The summed E-state index contributed by atoms with van der Waals surface area (Å²) in [6.45, 7) is 0. The van der Waals surface area contributed by atoms with Crippen LogP contribution in [0.4, 0.5) is 16.2 Å². The Balaban J connectivity index is 2.70. The molecule has 12 heteroatoms. The second-order valence-electron chi connectivity index (χ2n) is 4.89. The molecule has 0 spiro atoms. The highest BCUT2D eigenvalue weighted by atomic mass is 35.5. The molecule has 0 aromatic heterocycles. The molecule has 0 radical (unpaired) electrons. The number of carbonyl (C=O) groups is 3. The van der Waals surface area contributed by atoms with Gasteiger partial charge < -0.3 is 0 Å². The molecule has 0 saturated carbocycles. The number of barbiturate groups is 1. The lowest BCUT2D eigenvalue weighted by Gasteiger charge is -2.32. The highest BCUT2D eigenvalue weighted by Crippen LogP contribution is 2.38. The summed E-state index contributed by atoms with van der Waals surface area (Å²) in [6, 6.07) is 0.515. The number of rotatable bonds is 3. The average molecular weight is 357 g/mol. The first kappa shape index (κ1) is 17.3. The Labute approximate surface area is 138 Å². The number of benzene rings is 1. The van der Waals surface area contributed by atoms with Gasteiger partial charge in [-0.25, -0.2) is 4.79 Å². The molecule has 0 N–H and O–H groups in total. The van der Waals surface area contributed by atoms with Crippen molar-refractivity contribution >= 4 is 40.8 Å². The number of hydrogen-bond donors (Lipinski definition) is 0. The van der Waals surface area contributed by atoms with Gasteiger partial charge in [-0.3, -0.25) is 39.6 Å². The predicted octanol–water partition coefficient (Wildman–Crippen LogP) is 1.29. The van der Waals surface area contributed by atoms with Crippen molar-refractivity contribution in [3.05, 3.63) is 42.9 Å². The summed E-state index contributed by atoms with van der Waals surface area (Å²) in [7, 11) is 2.22. The van der Waals surface area contributed by atoms with E-state index in [0.29, 0.717) is 15.9 Å². The molecule has 1 aromatic rings. The van der Waals surface area contributed by atoms with Crippen LogP contribution in [0.25, 0.3) is 0 Å². The second kappa shape index (κ2) is 5.85. The second-order valence-corrected chi connectivity index (χ2v) is 5.29. The van der Waals surface area contributed by atoms with Gasteiger partial charge in [-0.05, 0) is 6.07 Å². The Morgan fingerprint density at radius 1 is 0.958 bits per heavy atom. The molecule has 1 aliphatic rings. The number of urea groups is 1. The third-order valence-corrected chi connectivity index (χ3v) is 3.83. The van der Waals surface area contributed by atoms with Crippen LogP contribution in [0, 0.1) is 20.2 Å². The Morgan fingerprint density at radius 3 is 1.83 bits per heavy atom. The number of amides is 4. The van der Waals surface area contributed by atoms with Gasteiger partial charge in [-0.1, -0.05) is 11.6 Å². The van der Waals surface area contributed by atoms with Crippen LogP contribution in [-0.2, 0) is 9.59 Å². The van der Waals surface area contributed by atoms with Crippen LogP contribution in [0.1, 0.15) is 11.5 Å². The third-order valence-electron chi connectivity index (χ3n) is 3.53. The first-order chi connectivity index (χ1) is 11.1. The van der Waals surface area contributed by atoms with Crippen molar-refractivity contribution in [2.24, 2.45) is 0 Å². The van der Waals surface area contributed by atoms with E-state index >= 15 is 0 Å². The fourth-order valence-electron chi connectivity index (χ4n) is 2.27. The lowest BCUT2D eigenvalue weighted by Crippen LogP contribution is -2.55. The van der Waals surface area contributed by atoms with Gasteiger partial charge in [-0.15, -0.1) is 0 Å². The molecule has 1 aromatic carbocycles. The van der Waals surface area contributed by atoms with Crippen molar-refractivity contribution in [3.8, 4) is 0 Å². The Kier molecular flexibility index (Phi) is 4.21. The number of nitro benzene ring substituents is 2. The largest absolute Gasteiger partial charge is 0.332 e. The molecular formula is C12H9ClN4O7. The minimum atomic E-state index is -1.70. The number of carbonyl (C=O) groups excluding carboxylic acids is 3. The maximum Gasteiger partial charge on any atom is 0.332 e. The third kappa shape index (κ3) is 2.54. The first-order valence-electron chi connectivity index (χ1n) is 6.29. The first-order valence-corrected chi connectivity index (χ1v) is 6.67. The zero-order valence-corrected chi connectivity index (χ0v) is 13.0. The molecule has 1 heterocycles. The van der Waals surface area contributed by atoms with E-state index in [1.807, 2.05) is 0 Å². The summed E-state index contributed by atoms with van der Waals surface area (Å²) in [5.41, 5.74) is -1.97. The van der Waals surface area contributed by atoms with Crippen LogP contribution >= 0.6 is 11.6 Å². The van der Waals surface area contributed by atoms with Crippen LogP contribution in [0.15, 0.2) is 12.1 Å². The van der Waals surface area contributed by atoms with Gasteiger partial charge in [0.2, 0.25) is 11.8 Å². The van der Waals surface area contributed by atoms with Gasteiger partial charge in [0.25, 0.3) is 11.4 Å². The van der Waals surface area contributed by atoms with Gasteiger partial charge in [0.15, 0.2) is 0 Å². The van der Waals surface area contributed by atoms with E-state index < -0.39 is 55.6 Å². The van der Waals surface area contributed by atoms with E-state index in [9.17, 15) is 34.6 Å². The van der Waals surface area contributed by atoms with Crippen LogP contribution in [0.5, 0.6) is 0 Å². The SMILES string of the molecule is CN1C(=O)C(c2cc(Cl)c([N+](=O)[O-])cc2[N+](=O)[O-])C(=O)N(C)C1=O. The Hall–Kier alpha value is -3.08. The van der Waals surface area contributed by atoms with Gasteiger partial charge >= 0.3 is 6.03 Å². The topological polar surface area (TPSA) is 144 Å². The molecular weight excluding hydrogens is 348 g/mol. The summed E-state index contributed by atoms with van der Waals surface area (Å²) in [5.74, 6) is -3.68. The smallest absolute Gasteiger partial charge is 0.273 e. The number of hydrogen-bond acceptors (Lipinski definition) is 7. The molecule has 1 saturated heterocycles. The normalized spacial score (nSPS) is 15.9. The van der Waals surface area contributed by atoms with Gasteiger partial charge in [-0.2, -0.15) is 0 Å². The number of halogens is 1. The number of likely N-dealkylation sites (N-methyl/N-ethyl adjacent to an activating group) is 2. The quantitative estimate of drug-likeness (QED) is 0.450. The van der Waals surface area contributed by atoms with Gasteiger partial charge in [0.05, 0.1) is 21.5 Å². The van der Waals surface area contributed by atoms with Crippen molar-refractivity contribution in [2.45, 2.75) is 5.92 Å². The van der Waals surface area contributed by atoms with Crippen LogP contribution in [0.3, 0.4) is 0 Å². The molecule has 11 nitrogen and oxygen atoms in total. The summed E-state index contributed by atoms with van der Waals surface area (Å²) in [6.07, 6.45) is 0. The molecule has 126 valence electrons. The summed E-state index contributed by atoms with van der Waals surface area (Å²) < 4.78 is 0. The van der Waals surface area contributed by atoms with E-state index in [1.165, 1.54) is 0 Å². The van der Waals surface area contributed by atoms with E-state index in [2.05, 4.69) is 0 Å². The van der Waals surface area contributed by atoms with Crippen molar-refractivity contribution in [1.82, 2.24) is 9.80 Å². The van der Waals surface area contributed by atoms with Crippen molar-refractivity contribution in [2.75, 3.05) is 14.1 Å². The molecule has 0 bridgehead atoms. The van der Waals surface area contributed by atoms with E-state index in [0.717, 1.165) is 20.2 Å². The molecule has 0 atom stereocenters. The van der Waals surface area contributed by atoms with Crippen molar-refractivity contribution in [1.29, 1.82) is 0 Å². The van der Waals surface area contributed by atoms with Crippen molar-refractivity contribution < 1.29 is 24.2 Å². The van der Waals surface area contributed by atoms with Crippen LogP contribution in [-0.4, -0.2) is 51.6 Å². The number of nitrogens with zero attached hydrogens (tertiary/aromatic N) is 4. The van der Waals surface area contributed by atoms with Gasteiger partial charge in [0.1, 0.15) is 10.9 Å². The minimum Gasteiger partial charge on any atom is -0.273 e. The fourth-order valence-corrected chi connectivity index (χ4v) is 2.51. The van der Waals surface area contributed by atoms with E-state index in [4.69, 9.17) is 11.6 Å². The van der Waals surface area contributed by atoms with Crippen LogP contribution < -0.4 is 0 Å². The summed E-state index contributed by atoms with van der Waals surface area (Å²) >= 11 is 5.74. The predicted molar refractivity (Wildman–Crippen MR) is 78.4 cm³/mol. The molecule has 24 heavy (non-hydrogen) atoms. The molecule has 1 aliphatic heterocycles. The standard InChI is InChI=1S/C12H9ClN4O7/c1-14-10(18)9(11(19)15(2)12(14)20)5-3-6(13)8(17(23)24)4-7(5)16(21)22/h3-4,9H,1-2H3. The maximum atomic E-state index is 12.3. The van der Waals surface area contributed by atoms with Crippen LogP contribution in [0.2, 0.25) is 5.02 Å². The lowest BCUT2D eigenvalue weighted by molar-refractivity contribution is -0.394. The maximum absolute atomic E-state index is 12.3. The molecule has 1 fully saturated rings. The molecule has 0 aliphatic carbocycles. The summed E-state index contributed by atoms with van der Waals surface area (Å²) in [4.78, 5) is 57.7. The zero-order chi connectivity index (χ0) is 18.3. The van der Waals surface area contributed by atoms with E-state index in [-0.39, 0.29) is 0 Å². The van der Waals surface area contributed by atoms with Crippen molar-refractivity contribution in [3.63, 3.8) is 0 Å². The Bertz CT molecular complexity index is 785. The fraction of sp³-hybridized carbons (Fsp3) is 0.250. The lowest BCUT2D eigenvalue weighted by atomic mass is 9.92. The monoisotopic (exact) mass is 356 g/mol. The number of imide groups is 2. The zero-order valence-electron chi connectivity index (χ0n) is 12.3. The number of nitro groups is 2. The molecule has 4 amide bonds.